The molecule has 4 unspecified atom stereocenters. The van der Waals surface area contributed by atoms with Gasteiger partial charge in [-0.05, 0) is 84.2 Å². The molecule has 0 saturated carbocycles. The Morgan fingerprint density at radius 3 is 2.20 bits per heavy atom. The minimum Gasteiger partial charge on any atom is -0.457 e. The van der Waals surface area contributed by atoms with Gasteiger partial charge in [0.2, 0.25) is 0 Å². The fraction of sp³-hybridized carbons (Fsp3) is 0.636. The van der Waals surface area contributed by atoms with Gasteiger partial charge in [0.25, 0.3) is 0 Å². The molecule has 0 aliphatic carbocycles. The maximum absolute atomic E-state index is 15.5. The Balaban J connectivity index is 1.69. The van der Waals surface area contributed by atoms with Gasteiger partial charge in [-0.25, -0.2) is 4.79 Å². The summed E-state index contributed by atoms with van der Waals surface area (Å²) in [5.74, 6) is -3.92. The molecular formula is C44H62N2O10. The van der Waals surface area contributed by atoms with Crippen molar-refractivity contribution in [2.75, 3.05) is 21.2 Å². The van der Waals surface area contributed by atoms with Gasteiger partial charge in [0.05, 0.1) is 23.9 Å². The summed E-state index contributed by atoms with van der Waals surface area (Å²) >= 11 is 0. The molecule has 12 nitrogen and oxygen atoms in total. The molecule has 3 fully saturated rings. The third kappa shape index (κ3) is 8.32. The van der Waals surface area contributed by atoms with Crippen LogP contribution in [0.15, 0.2) is 54.6 Å². The summed E-state index contributed by atoms with van der Waals surface area (Å²) in [4.78, 5) is 59.7. The number of fused-ring (bicyclic) bond motifs is 1. The Hall–Kier alpha value is -3.68. The zero-order chi connectivity index (χ0) is 41.3. The normalized spacial score (nSPS) is 38.7. The molecule has 5 rings (SSSR count). The molecule has 2 aromatic carbocycles. The van der Waals surface area contributed by atoms with E-state index in [-0.39, 0.29) is 37.2 Å². The van der Waals surface area contributed by atoms with Crippen molar-refractivity contribution in [3.05, 3.63) is 60.2 Å². The van der Waals surface area contributed by atoms with Crippen molar-refractivity contribution in [2.45, 2.75) is 135 Å². The summed E-state index contributed by atoms with van der Waals surface area (Å²) in [5, 5.41) is 14.5. The first-order valence-electron chi connectivity index (χ1n) is 19.9. The van der Waals surface area contributed by atoms with E-state index in [9.17, 15) is 14.7 Å². The summed E-state index contributed by atoms with van der Waals surface area (Å²) in [7, 11) is 5.25. The van der Waals surface area contributed by atoms with E-state index in [1.165, 1.54) is 7.11 Å². The maximum Gasteiger partial charge on any atom is 0.408 e. The van der Waals surface area contributed by atoms with Crippen molar-refractivity contribution in [2.24, 2.45) is 23.2 Å². The van der Waals surface area contributed by atoms with E-state index < -0.39 is 82.9 Å². The average molecular weight is 779 g/mol. The molecule has 3 saturated heterocycles. The maximum atomic E-state index is 15.5. The smallest absolute Gasteiger partial charge is 0.408 e. The van der Waals surface area contributed by atoms with Gasteiger partial charge in [-0.15, -0.1) is 0 Å². The Morgan fingerprint density at radius 2 is 1.57 bits per heavy atom. The molecule has 3 aliphatic rings. The van der Waals surface area contributed by atoms with Crippen LogP contribution in [0, 0.1) is 23.2 Å². The number of cyclic esters (lactones) is 1. The van der Waals surface area contributed by atoms with E-state index in [0.717, 1.165) is 16.7 Å². The van der Waals surface area contributed by atoms with Crippen LogP contribution < -0.4 is 5.32 Å². The monoisotopic (exact) mass is 778 g/mol. The molecule has 56 heavy (non-hydrogen) atoms. The van der Waals surface area contributed by atoms with Crippen molar-refractivity contribution in [3.63, 3.8) is 0 Å². The Morgan fingerprint density at radius 1 is 0.929 bits per heavy atom. The fourth-order valence-corrected chi connectivity index (χ4v) is 9.40. The van der Waals surface area contributed by atoms with Crippen LogP contribution in [-0.4, -0.2) is 109 Å². The molecule has 1 amide bonds. The molecule has 308 valence electrons. The second kappa shape index (κ2) is 17.0. The lowest BCUT2D eigenvalue weighted by molar-refractivity contribution is -0.295. The van der Waals surface area contributed by atoms with E-state index in [1.807, 2.05) is 87.4 Å². The first kappa shape index (κ1) is 43.4. The number of Topliss-reactive ketones (excluding diaryl/α,β-unsaturated/α-hetero) is 2. The number of ketones is 2. The van der Waals surface area contributed by atoms with E-state index >= 15 is 9.59 Å². The lowest BCUT2D eigenvalue weighted by atomic mass is 9.69. The summed E-state index contributed by atoms with van der Waals surface area (Å²) < 4.78 is 31.5. The standard InChI is InChI=1S/C44H62N2O10/c1-12-33-44(8)36(45-41(51)56-44)27(4)34(47)25(2)23-43(7,52-11)38(55-39-35(48)32(46(9)10)22-26(3)53-39)28(5)37(49)42(6,40(50)54-33)24-30-20-16-17-21-31(30)29-18-14-13-15-19-29/h13-21,25-28,32-33,35-36,38-39,48H,12,22-24H2,1-11H3,(H,45,51)/t25-,26-,27-,28+,32+,33+,35-,36?,38-,39?,42?,43+,44?/m1/s1. The lowest BCUT2D eigenvalue weighted by Gasteiger charge is -2.47. The zero-order valence-corrected chi connectivity index (χ0v) is 34.9. The van der Waals surface area contributed by atoms with Gasteiger partial charge in [0, 0.05) is 30.9 Å². The number of aliphatic hydroxyl groups excluding tert-OH is 1. The highest BCUT2D eigenvalue weighted by molar-refractivity contribution is 6.05. The second-order valence-corrected chi connectivity index (χ2v) is 17.1. The number of aliphatic hydroxyl groups is 1. The zero-order valence-electron chi connectivity index (χ0n) is 34.9. The van der Waals surface area contributed by atoms with E-state index in [0.29, 0.717) is 6.42 Å². The van der Waals surface area contributed by atoms with Crippen LogP contribution in [0.25, 0.3) is 11.1 Å². The van der Waals surface area contributed by atoms with Crippen molar-refractivity contribution in [1.29, 1.82) is 0 Å². The number of esters is 1. The molecule has 0 radical (unpaired) electrons. The number of nitrogens with one attached hydrogen (secondary N) is 1. The van der Waals surface area contributed by atoms with Crippen molar-refractivity contribution in [1.82, 2.24) is 10.2 Å². The van der Waals surface area contributed by atoms with Crippen LogP contribution in [0.1, 0.15) is 80.2 Å². The predicted octanol–water partition coefficient (Wildman–Crippen LogP) is 5.76. The largest absolute Gasteiger partial charge is 0.457 e. The number of carbonyl (C=O) groups is 4. The van der Waals surface area contributed by atoms with Gasteiger partial charge in [-0.3, -0.25) is 14.4 Å². The van der Waals surface area contributed by atoms with Crippen LogP contribution in [0.5, 0.6) is 0 Å². The summed E-state index contributed by atoms with van der Waals surface area (Å²) in [6.45, 7) is 14.0. The predicted molar refractivity (Wildman–Crippen MR) is 211 cm³/mol. The molecule has 0 spiro atoms. The van der Waals surface area contributed by atoms with Crippen LogP contribution in [0.2, 0.25) is 0 Å². The van der Waals surface area contributed by atoms with E-state index in [1.54, 1.807) is 41.5 Å². The number of ether oxygens (including phenoxy) is 5. The third-order valence-corrected chi connectivity index (χ3v) is 12.7. The highest BCUT2D eigenvalue weighted by atomic mass is 16.7. The van der Waals surface area contributed by atoms with Gasteiger partial charge < -0.3 is 39.0 Å². The number of carbonyl (C=O) groups excluding carboxylic acids is 4. The van der Waals surface area contributed by atoms with Gasteiger partial charge in [-0.2, -0.15) is 0 Å². The molecule has 3 aliphatic heterocycles. The molecule has 12 heteroatoms. The molecule has 3 heterocycles. The number of amides is 1. The minimum atomic E-state index is -1.81. The lowest BCUT2D eigenvalue weighted by Crippen LogP contribution is -2.61. The van der Waals surface area contributed by atoms with Crippen molar-refractivity contribution >= 4 is 23.6 Å². The topological polar surface area (TPSA) is 150 Å². The number of benzene rings is 2. The number of alkyl carbamates (subject to hydrolysis) is 1. The summed E-state index contributed by atoms with van der Waals surface area (Å²) in [6.07, 6.45) is -4.49. The number of nitrogens with zero attached hydrogens (tertiary/aromatic N) is 1. The van der Waals surface area contributed by atoms with Gasteiger partial charge in [-0.1, -0.05) is 82.3 Å². The molecule has 2 N–H and O–H groups in total. The molecule has 0 bridgehead atoms. The Bertz CT molecular complexity index is 1740. The van der Waals surface area contributed by atoms with Gasteiger partial charge >= 0.3 is 12.1 Å². The van der Waals surface area contributed by atoms with Crippen molar-refractivity contribution < 1.29 is 48.0 Å². The number of likely N-dealkylation sites (N-methyl/N-ethyl adjacent to an activating group) is 1. The van der Waals surface area contributed by atoms with Crippen molar-refractivity contribution in [3.8, 4) is 11.1 Å². The molecule has 13 atom stereocenters. The number of hydrogen-bond donors (Lipinski definition) is 2. The Kier molecular flexibility index (Phi) is 13.2. The third-order valence-electron chi connectivity index (χ3n) is 12.7. The van der Waals surface area contributed by atoms with Crippen LogP contribution in [-0.2, 0) is 44.5 Å². The van der Waals surface area contributed by atoms with E-state index in [4.69, 9.17) is 23.7 Å². The summed E-state index contributed by atoms with van der Waals surface area (Å²) in [6, 6.07) is 16.2. The highest BCUT2D eigenvalue weighted by Crippen LogP contribution is 2.43. The Labute approximate surface area is 331 Å². The van der Waals surface area contributed by atoms with Gasteiger partial charge in [0.1, 0.15) is 23.4 Å². The fourth-order valence-electron chi connectivity index (χ4n) is 9.40. The first-order valence-corrected chi connectivity index (χ1v) is 19.9. The SMILES string of the molecule is CC[C@@H]1OC(=O)C(C)(Cc2ccccc2-c2ccccc2)C(=O)[C@H](C)[C@@H](OC2O[C@H](C)C[C@H](N(C)C)[C@H]2O)[C@@](C)(OC)C[C@@H](C)C(=O)[C@@H](C)C2NC(=O)OC21C. The number of hydrogen-bond acceptors (Lipinski definition) is 11. The van der Waals surface area contributed by atoms with Gasteiger partial charge in [0.15, 0.2) is 17.7 Å². The quantitative estimate of drug-likeness (QED) is 0.249. The minimum absolute atomic E-state index is 0.0291. The summed E-state index contributed by atoms with van der Waals surface area (Å²) in [5.41, 5.74) is -2.03. The molecule has 2 aromatic rings. The first-order chi connectivity index (χ1) is 26.3. The number of methoxy groups -OCH3 is 1. The molecule has 0 aromatic heterocycles. The van der Waals surface area contributed by atoms with Crippen LogP contribution in [0.3, 0.4) is 0 Å². The van der Waals surface area contributed by atoms with Crippen LogP contribution >= 0.6 is 0 Å². The molecular weight excluding hydrogens is 716 g/mol. The van der Waals surface area contributed by atoms with E-state index in [2.05, 4.69) is 5.32 Å². The van der Waals surface area contributed by atoms with Crippen LogP contribution in [0.4, 0.5) is 4.79 Å². The average Bonchev–Trinajstić information content (AvgIpc) is 3.49. The second-order valence-electron chi connectivity index (χ2n) is 17.1. The highest BCUT2D eigenvalue weighted by Gasteiger charge is 2.59. The number of rotatable bonds is 8.